The molecule has 0 aliphatic heterocycles. The maximum atomic E-state index is 13.3. The molecule has 4 aromatic rings. The van der Waals surface area contributed by atoms with E-state index in [9.17, 15) is 9.18 Å². The molecular weight excluding hydrogens is 347 g/mol. The number of rotatable bonds is 5. The van der Waals surface area contributed by atoms with Crippen LogP contribution in [0.3, 0.4) is 0 Å². The van der Waals surface area contributed by atoms with Crippen LogP contribution in [0.5, 0.6) is 0 Å². The number of thiophene rings is 1. The molecule has 0 saturated heterocycles. The van der Waals surface area contributed by atoms with Crippen LogP contribution in [0.25, 0.3) is 10.9 Å². The summed E-state index contributed by atoms with van der Waals surface area (Å²) in [6.45, 7) is 0.477. The van der Waals surface area contributed by atoms with Gasteiger partial charge in [-0.05, 0) is 47.3 Å². The third-order valence-corrected chi connectivity index (χ3v) is 5.21. The minimum absolute atomic E-state index is 0.0187. The van der Waals surface area contributed by atoms with Crippen LogP contribution in [0.2, 0.25) is 0 Å². The summed E-state index contributed by atoms with van der Waals surface area (Å²) in [5, 5.41) is 3.04. The monoisotopic (exact) mass is 364 g/mol. The van der Waals surface area contributed by atoms with E-state index in [0.717, 1.165) is 21.3 Å². The van der Waals surface area contributed by atoms with Crippen molar-refractivity contribution in [1.82, 2.24) is 4.98 Å². The number of fused-ring (bicyclic) bond motifs is 1. The molecule has 0 bridgehead atoms. The van der Waals surface area contributed by atoms with E-state index in [1.54, 1.807) is 28.4 Å². The Kier molecular flexibility index (Phi) is 4.54. The Morgan fingerprint density at radius 2 is 1.85 bits per heavy atom. The van der Waals surface area contributed by atoms with Gasteiger partial charge in [-0.2, -0.15) is 0 Å². The summed E-state index contributed by atoms with van der Waals surface area (Å²) in [4.78, 5) is 19.1. The Morgan fingerprint density at radius 1 is 1.04 bits per heavy atom. The highest BCUT2D eigenvalue weighted by atomic mass is 32.1. The minimum Gasteiger partial charge on any atom is -0.361 e. The first-order valence-corrected chi connectivity index (χ1v) is 9.22. The number of nitrogens with one attached hydrogen (secondary N) is 1. The number of para-hydroxylation sites is 1. The maximum Gasteiger partial charge on any atom is 0.231 e. The average Bonchev–Trinajstić information content (AvgIpc) is 3.31. The van der Waals surface area contributed by atoms with Crippen LogP contribution in [-0.2, 0) is 17.8 Å². The van der Waals surface area contributed by atoms with Crippen molar-refractivity contribution in [3.8, 4) is 0 Å². The average molecular weight is 364 g/mol. The molecule has 0 fully saturated rings. The number of carbonyl (C=O) groups excluding carboxylic acids is 1. The zero-order valence-electron chi connectivity index (χ0n) is 14.0. The summed E-state index contributed by atoms with van der Waals surface area (Å²) in [6.07, 6.45) is 2.17. The van der Waals surface area contributed by atoms with E-state index in [4.69, 9.17) is 0 Å². The fourth-order valence-electron chi connectivity index (χ4n) is 3.04. The van der Waals surface area contributed by atoms with Crippen molar-refractivity contribution in [3.63, 3.8) is 0 Å². The minimum atomic E-state index is -0.311. The van der Waals surface area contributed by atoms with E-state index in [0.29, 0.717) is 12.2 Å². The molecule has 0 unspecified atom stereocenters. The fraction of sp³-hybridized carbons (Fsp3) is 0.0952. The van der Waals surface area contributed by atoms with Crippen LogP contribution < -0.4 is 4.90 Å². The molecule has 1 amide bonds. The summed E-state index contributed by atoms with van der Waals surface area (Å²) in [6, 6.07) is 18.0. The highest BCUT2D eigenvalue weighted by Gasteiger charge is 2.19. The standard InChI is InChI=1S/C21H17FN2OS/c22-16-7-9-17(10-8-16)24(14-18-4-3-11-26-18)21(25)12-15-13-23-20-6-2-1-5-19(15)20/h1-11,13,23H,12,14H2. The van der Waals surface area contributed by atoms with Gasteiger partial charge >= 0.3 is 0 Å². The number of halogens is 1. The van der Waals surface area contributed by atoms with Crippen LogP contribution in [0.1, 0.15) is 10.4 Å². The molecule has 0 aliphatic carbocycles. The molecule has 0 atom stereocenters. The Labute approximate surface area is 154 Å². The second-order valence-corrected chi connectivity index (χ2v) is 7.10. The second-order valence-electron chi connectivity index (χ2n) is 6.07. The SMILES string of the molecule is O=C(Cc1c[nH]c2ccccc12)N(Cc1cccs1)c1ccc(F)cc1. The third kappa shape index (κ3) is 3.39. The molecule has 2 aromatic carbocycles. The Balaban J connectivity index is 1.64. The molecule has 0 aliphatic rings. The molecule has 2 aromatic heterocycles. The van der Waals surface area contributed by atoms with Crippen LogP contribution in [0, 0.1) is 5.82 Å². The summed E-state index contributed by atoms with van der Waals surface area (Å²) < 4.78 is 13.3. The van der Waals surface area contributed by atoms with E-state index < -0.39 is 0 Å². The van der Waals surface area contributed by atoms with E-state index in [-0.39, 0.29) is 18.1 Å². The van der Waals surface area contributed by atoms with Crippen molar-refractivity contribution in [2.75, 3.05) is 4.90 Å². The van der Waals surface area contributed by atoms with Crippen molar-refractivity contribution in [1.29, 1.82) is 0 Å². The number of aromatic nitrogens is 1. The number of carbonyl (C=O) groups is 1. The van der Waals surface area contributed by atoms with Crippen molar-refractivity contribution in [2.24, 2.45) is 0 Å². The van der Waals surface area contributed by atoms with E-state index >= 15 is 0 Å². The number of benzene rings is 2. The summed E-state index contributed by atoms with van der Waals surface area (Å²) in [5.41, 5.74) is 2.68. The number of nitrogens with zero attached hydrogens (tertiary/aromatic N) is 1. The zero-order chi connectivity index (χ0) is 17.9. The number of H-pyrrole nitrogens is 1. The lowest BCUT2D eigenvalue weighted by molar-refractivity contribution is -0.118. The van der Waals surface area contributed by atoms with Gasteiger partial charge in [0.2, 0.25) is 5.91 Å². The van der Waals surface area contributed by atoms with Gasteiger partial charge in [-0.15, -0.1) is 11.3 Å². The van der Waals surface area contributed by atoms with Gasteiger partial charge in [-0.1, -0.05) is 24.3 Å². The number of hydrogen-bond acceptors (Lipinski definition) is 2. The van der Waals surface area contributed by atoms with Crippen molar-refractivity contribution >= 4 is 33.8 Å². The lowest BCUT2D eigenvalue weighted by Crippen LogP contribution is -2.31. The molecule has 1 N–H and O–H groups in total. The zero-order valence-corrected chi connectivity index (χ0v) is 14.8. The van der Waals surface area contributed by atoms with Gasteiger partial charge in [0.05, 0.1) is 13.0 Å². The maximum absolute atomic E-state index is 13.3. The van der Waals surface area contributed by atoms with Gasteiger partial charge in [0, 0.05) is 27.7 Å². The van der Waals surface area contributed by atoms with Crippen LogP contribution in [0.4, 0.5) is 10.1 Å². The molecule has 5 heteroatoms. The first-order chi connectivity index (χ1) is 12.7. The van der Waals surface area contributed by atoms with Crippen molar-refractivity contribution < 1.29 is 9.18 Å². The molecule has 130 valence electrons. The molecular formula is C21H17FN2OS. The highest BCUT2D eigenvalue weighted by Crippen LogP contribution is 2.24. The first-order valence-electron chi connectivity index (χ1n) is 8.34. The van der Waals surface area contributed by atoms with Gasteiger partial charge in [0.15, 0.2) is 0 Å². The number of aromatic amines is 1. The lowest BCUT2D eigenvalue weighted by atomic mass is 10.1. The number of amides is 1. The van der Waals surface area contributed by atoms with Crippen LogP contribution >= 0.6 is 11.3 Å². The third-order valence-electron chi connectivity index (χ3n) is 4.35. The molecule has 2 heterocycles. The predicted octanol–water partition coefficient (Wildman–Crippen LogP) is 5.14. The quantitative estimate of drug-likeness (QED) is 0.523. The number of anilines is 1. The topological polar surface area (TPSA) is 36.1 Å². The van der Waals surface area contributed by atoms with Gasteiger partial charge in [0.1, 0.15) is 5.82 Å². The van der Waals surface area contributed by atoms with E-state index in [1.165, 1.54) is 12.1 Å². The van der Waals surface area contributed by atoms with Gasteiger partial charge < -0.3 is 9.88 Å². The van der Waals surface area contributed by atoms with Crippen LogP contribution in [0.15, 0.2) is 72.2 Å². The first kappa shape index (κ1) is 16.5. The van der Waals surface area contributed by atoms with Crippen molar-refractivity contribution in [2.45, 2.75) is 13.0 Å². The molecule has 26 heavy (non-hydrogen) atoms. The molecule has 3 nitrogen and oxygen atoms in total. The Morgan fingerprint density at radius 3 is 2.62 bits per heavy atom. The van der Waals surface area contributed by atoms with Crippen LogP contribution in [-0.4, -0.2) is 10.9 Å². The van der Waals surface area contributed by atoms with Gasteiger partial charge in [-0.3, -0.25) is 4.79 Å². The molecule has 0 spiro atoms. The Hall–Kier alpha value is -2.92. The molecule has 0 radical (unpaired) electrons. The highest BCUT2D eigenvalue weighted by molar-refractivity contribution is 7.09. The number of hydrogen-bond donors (Lipinski definition) is 1. The van der Waals surface area contributed by atoms with Gasteiger partial charge in [-0.25, -0.2) is 4.39 Å². The molecule has 4 rings (SSSR count). The molecule has 0 saturated carbocycles. The van der Waals surface area contributed by atoms with Crippen molar-refractivity contribution in [3.05, 3.63) is 88.5 Å². The second kappa shape index (κ2) is 7.14. The predicted molar refractivity (Wildman–Crippen MR) is 104 cm³/mol. The summed E-state index contributed by atoms with van der Waals surface area (Å²) in [7, 11) is 0. The Bertz CT molecular complexity index is 1020. The lowest BCUT2D eigenvalue weighted by Gasteiger charge is -2.22. The normalized spacial score (nSPS) is 11.0. The summed E-state index contributed by atoms with van der Waals surface area (Å²) in [5.74, 6) is -0.330. The summed E-state index contributed by atoms with van der Waals surface area (Å²) >= 11 is 1.60. The largest absolute Gasteiger partial charge is 0.361 e. The smallest absolute Gasteiger partial charge is 0.231 e. The van der Waals surface area contributed by atoms with E-state index in [2.05, 4.69) is 4.98 Å². The fourth-order valence-corrected chi connectivity index (χ4v) is 3.73. The van der Waals surface area contributed by atoms with Gasteiger partial charge in [0.25, 0.3) is 0 Å². The van der Waals surface area contributed by atoms with E-state index in [1.807, 2.05) is 48.0 Å².